The predicted octanol–water partition coefficient (Wildman–Crippen LogP) is 3.03. The SMILES string of the molecule is COc1ccc(-n2nnc(C(O)c3c([C@@H]4C[C@H]4F)sc4cncn34)c2F)cc1. The third kappa shape index (κ3) is 2.60. The van der Waals surface area contributed by atoms with E-state index in [2.05, 4.69) is 15.3 Å². The summed E-state index contributed by atoms with van der Waals surface area (Å²) >= 11 is 1.35. The van der Waals surface area contributed by atoms with Gasteiger partial charge in [-0.25, -0.2) is 9.37 Å². The number of fused-ring (bicyclic) bond motifs is 1. The van der Waals surface area contributed by atoms with Crippen molar-refractivity contribution < 1.29 is 18.6 Å². The van der Waals surface area contributed by atoms with Crippen LogP contribution < -0.4 is 4.74 Å². The van der Waals surface area contributed by atoms with Gasteiger partial charge in [0, 0.05) is 10.8 Å². The number of benzene rings is 1. The zero-order valence-electron chi connectivity index (χ0n) is 14.7. The van der Waals surface area contributed by atoms with Gasteiger partial charge >= 0.3 is 0 Å². The number of alkyl halides is 1. The molecule has 1 aliphatic carbocycles. The highest BCUT2D eigenvalue weighted by molar-refractivity contribution is 7.17. The Morgan fingerprint density at radius 3 is 2.75 bits per heavy atom. The Balaban J connectivity index is 1.56. The molecule has 1 aliphatic rings. The molecule has 5 rings (SSSR count). The van der Waals surface area contributed by atoms with Crippen molar-refractivity contribution in [1.82, 2.24) is 24.4 Å². The van der Waals surface area contributed by atoms with E-state index in [0.717, 1.165) is 9.51 Å². The van der Waals surface area contributed by atoms with Crippen molar-refractivity contribution in [1.29, 1.82) is 0 Å². The van der Waals surface area contributed by atoms with Gasteiger partial charge in [0.15, 0.2) is 5.69 Å². The molecule has 7 nitrogen and oxygen atoms in total. The van der Waals surface area contributed by atoms with Gasteiger partial charge < -0.3 is 9.84 Å². The molecule has 1 aromatic carbocycles. The number of aliphatic hydroxyl groups is 1. The number of aliphatic hydroxyl groups excluding tert-OH is 1. The fraction of sp³-hybridized carbons (Fsp3) is 0.278. The molecule has 0 radical (unpaired) electrons. The van der Waals surface area contributed by atoms with Gasteiger partial charge in [-0.1, -0.05) is 5.21 Å². The number of rotatable bonds is 5. The molecule has 28 heavy (non-hydrogen) atoms. The second-order valence-electron chi connectivity index (χ2n) is 6.59. The summed E-state index contributed by atoms with van der Waals surface area (Å²) in [7, 11) is 1.54. The number of hydrogen-bond donors (Lipinski definition) is 1. The van der Waals surface area contributed by atoms with E-state index in [-0.39, 0.29) is 11.6 Å². The van der Waals surface area contributed by atoms with Crippen LogP contribution in [0, 0.1) is 5.95 Å². The third-order valence-corrected chi connectivity index (χ3v) is 6.10. The first-order chi connectivity index (χ1) is 13.6. The van der Waals surface area contributed by atoms with E-state index < -0.39 is 18.2 Å². The molecule has 0 bridgehead atoms. The minimum absolute atomic E-state index is 0.221. The number of ether oxygens (including phenoxy) is 1. The summed E-state index contributed by atoms with van der Waals surface area (Å²) in [6.45, 7) is 0. The number of halogens is 2. The fourth-order valence-electron chi connectivity index (χ4n) is 3.26. The molecule has 1 N–H and O–H groups in total. The van der Waals surface area contributed by atoms with Crippen molar-refractivity contribution in [3.8, 4) is 11.4 Å². The van der Waals surface area contributed by atoms with Crippen molar-refractivity contribution in [2.45, 2.75) is 24.6 Å². The summed E-state index contributed by atoms with van der Waals surface area (Å²) in [4.78, 5) is 5.50. The maximum absolute atomic E-state index is 15.0. The minimum atomic E-state index is -1.39. The van der Waals surface area contributed by atoms with Gasteiger partial charge in [0.2, 0.25) is 5.95 Å². The van der Waals surface area contributed by atoms with Gasteiger partial charge in [0.05, 0.1) is 24.7 Å². The summed E-state index contributed by atoms with van der Waals surface area (Å²) in [6, 6.07) is 6.61. The van der Waals surface area contributed by atoms with Crippen molar-refractivity contribution in [2.75, 3.05) is 7.11 Å². The summed E-state index contributed by atoms with van der Waals surface area (Å²) < 4.78 is 36.5. The van der Waals surface area contributed by atoms with E-state index in [1.807, 2.05) is 0 Å². The second-order valence-corrected chi connectivity index (χ2v) is 7.65. The topological polar surface area (TPSA) is 77.5 Å². The minimum Gasteiger partial charge on any atom is -0.497 e. The number of imidazole rings is 1. The lowest BCUT2D eigenvalue weighted by molar-refractivity contribution is 0.202. The van der Waals surface area contributed by atoms with E-state index in [1.165, 1.54) is 24.8 Å². The molecule has 144 valence electrons. The Morgan fingerprint density at radius 1 is 1.32 bits per heavy atom. The monoisotopic (exact) mass is 403 g/mol. The van der Waals surface area contributed by atoms with Gasteiger partial charge in [-0.15, -0.1) is 16.4 Å². The number of methoxy groups -OCH3 is 1. The lowest BCUT2D eigenvalue weighted by Crippen LogP contribution is -2.09. The van der Waals surface area contributed by atoms with Crippen LogP contribution in [-0.2, 0) is 0 Å². The summed E-state index contributed by atoms with van der Waals surface area (Å²) in [5.41, 5.74) is 0.610. The molecule has 0 saturated heterocycles. The van der Waals surface area contributed by atoms with Crippen LogP contribution in [-0.4, -0.2) is 42.8 Å². The Bertz CT molecular complexity index is 1150. The Labute approximate surface area is 161 Å². The van der Waals surface area contributed by atoms with Crippen molar-refractivity contribution in [2.24, 2.45) is 0 Å². The van der Waals surface area contributed by atoms with Crippen LogP contribution in [0.5, 0.6) is 5.75 Å². The van der Waals surface area contributed by atoms with Gasteiger partial charge in [0.1, 0.15) is 29.2 Å². The molecule has 4 aromatic rings. The van der Waals surface area contributed by atoms with E-state index in [4.69, 9.17) is 4.74 Å². The average molecular weight is 403 g/mol. The van der Waals surface area contributed by atoms with Crippen LogP contribution in [0.3, 0.4) is 0 Å². The largest absolute Gasteiger partial charge is 0.497 e. The Hall–Kier alpha value is -2.85. The Morgan fingerprint density at radius 2 is 2.07 bits per heavy atom. The molecular weight excluding hydrogens is 388 g/mol. The summed E-state index contributed by atoms with van der Waals surface area (Å²) in [5.74, 6) is -0.440. The molecule has 0 amide bonds. The number of hydrogen-bond acceptors (Lipinski definition) is 6. The number of thiazole rings is 1. The van der Waals surface area contributed by atoms with Gasteiger partial charge in [-0.05, 0) is 30.7 Å². The first kappa shape index (κ1) is 17.3. The molecule has 0 spiro atoms. The van der Waals surface area contributed by atoms with Gasteiger partial charge in [-0.2, -0.15) is 9.07 Å². The van der Waals surface area contributed by atoms with Crippen LogP contribution in [0.15, 0.2) is 36.8 Å². The molecule has 1 fully saturated rings. The average Bonchev–Trinajstić information content (AvgIpc) is 3.05. The standard InChI is InChI=1S/C18H15F2N5O2S/c1-27-10-4-2-9(3-5-10)25-18(20)14(22-23-25)16(26)15-17(11-6-12(11)19)28-13-7-21-8-24(13)15/h2-5,7-8,11-12,16,26H,6H2,1H3/t11-,12-,16?/m1/s1. The highest BCUT2D eigenvalue weighted by atomic mass is 32.1. The van der Waals surface area contributed by atoms with Gasteiger partial charge in [0.25, 0.3) is 0 Å². The maximum Gasteiger partial charge on any atom is 0.242 e. The van der Waals surface area contributed by atoms with Crippen LogP contribution in [0.25, 0.3) is 10.5 Å². The van der Waals surface area contributed by atoms with Crippen LogP contribution in [0.4, 0.5) is 8.78 Å². The summed E-state index contributed by atoms with van der Waals surface area (Å²) in [5, 5.41) is 18.6. The van der Waals surface area contributed by atoms with Gasteiger partial charge in [-0.3, -0.25) is 4.40 Å². The number of nitrogens with zero attached hydrogens (tertiary/aromatic N) is 5. The fourth-order valence-corrected chi connectivity index (χ4v) is 4.55. The van der Waals surface area contributed by atoms with Crippen LogP contribution >= 0.6 is 11.3 Å². The maximum atomic E-state index is 15.0. The normalized spacial score (nSPS) is 19.9. The highest BCUT2D eigenvalue weighted by Gasteiger charge is 2.44. The van der Waals surface area contributed by atoms with E-state index in [9.17, 15) is 9.50 Å². The lowest BCUT2D eigenvalue weighted by Gasteiger charge is -2.10. The summed E-state index contributed by atoms with van der Waals surface area (Å²) in [6.07, 6.45) is 1.22. The first-order valence-electron chi connectivity index (χ1n) is 8.60. The Kier molecular flexibility index (Phi) is 3.91. The van der Waals surface area contributed by atoms with E-state index in [1.54, 1.807) is 34.9 Å². The predicted molar refractivity (Wildman–Crippen MR) is 97.3 cm³/mol. The highest BCUT2D eigenvalue weighted by Crippen LogP contribution is 2.49. The zero-order valence-corrected chi connectivity index (χ0v) is 15.5. The molecule has 3 atom stereocenters. The zero-order chi connectivity index (χ0) is 19.4. The molecular formula is C18H15F2N5O2S. The second kappa shape index (κ2) is 6.35. The van der Waals surface area contributed by atoms with Crippen molar-refractivity contribution in [3.63, 3.8) is 0 Å². The molecule has 0 aliphatic heterocycles. The molecule has 1 unspecified atom stereocenters. The molecule has 3 heterocycles. The smallest absolute Gasteiger partial charge is 0.242 e. The molecule has 3 aromatic heterocycles. The van der Waals surface area contributed by atoms with E-state index in [0.29, 0.717) is 28.4 Å². The van der Waals surface area contributed by atoms with Crippen molar-refractivity contribution in [3.05, 3.63) is 59.0 Å². The first-order valence-corrected chi connectivity index (χ1v) is 9.42. The molecule has 10 heteroatoms. The number of aromatic nitrogens is 5. The third-order valence-electron chi connectivity index (χ3n) is 4.85. The molecule has 1 saturated carbocycles. The van der Waals surface area contributed by atoms with Crippen LogP contribution in [0.2, 0.25) is 0 Å². The lowest BCUT2D eigenvalue weighted by atomic mass is 10.1. The van der Waals surface area contributed by atoms with E-state index >= 15 is 4.39 Å². The van der Waals surface area contributed by atoms with Crippen LogP contribution in [0.1, 0.15) is 34.7 Å². The van der Waals surface area contributed by atoms with Crippen molar-refractivity contribution >= 4 is 16.2 Å². The quantitative estimate of drug-likeness (QED) is 0.554.